The summed E-state index contributed by atoms with van der Waals surface area (Å²) in [5.74, 6) is 1.86. The summed E-state index contributed by atoms with van der Waals surface area (Å²) in [6.07, 6.45) is 4.03. The fraction of sp³-hybridized carbons (Fsp3) is 1.00. The highest BCUT2D eigenvalue weighted by Gasteiger charge is 2.51. The van der Waals surface area contributed by atoms with E-state index in [9.17, 15) is 0 Å². The van der Waals surface area contributed by atoms with Crippen molar-refractivity contribution in [3.63, 3.8) is 0 Å². The van der Waals surface area contributed by atoms with E-state index in [2.05, 4.69) is 33.0 Å². The molecule has 0 spiro atoms. The van der Waals surface area contributed by atoms with E-state index in [-0.39, 0.29) is 0 Å². The second-order valence-electron chi connectivity index (χ2n) is 4.92. The zero-order chi connectivity index (χ0) is 9.90. The van der Waals surface area contributed by atoms with Crippen LogP contribution in [0.5, 0.6) is 0 Å². The van der Waals surface area contributed by atoms with E-state index in [1.54, 1.807) is 0 Å². The van der Waals surface area contributed by atoms with Crippen molar-refractivity contribution in [2.45, 2.75) is 47.0 Å². The predicted molar refractivity (Wildman–Crippen MR) is 58.8 cm³/mol. The first-order valence-corrected chi connectivity index (χ1v) is 5.85. The van der Waals surface area contributed by atoms with Crippen molar-refractivity contribution in [1.29, 1.82) is 0 Å². The maximum atomic E-state index is 3.53. The summed E-state index contributed by atoms with van der Waals surface area (Å²) in [5.41, 5.74) is 0.662. The maximum absolute atomic E-state index is 3.53. The highest BCUT2D eigenvalue weighted by molar-refractivity contribution is 5.02. The van der Waals surface area contributed by atoms with Crippen LogP contribution in [0.2, 0.25) is 0 Å². The topological polar surface area (TPSA) is 12.0 Å². The van der Waals surface area contributed by atoms with Crippen molar-refractivity contribution in [2.75, 3.05) is 13.1 Å². The molecule has 1 rings (SSSR count). The monoisotopic (exact) mass is 183 g/mol. The summed E-state index contributed by atoms with van der Waals surface area (Å²) in [4.78, 5) is 0. The molecule has 0 saturated heterocycles. The second kappa shape index (κ2) is 4.45. The molecule has 0 aliphatic heterocycles. The Labute approximate surface area is 83.3 Å². The summed E-state index contributed by atoms with van der Waals surface area (Å²) in [5, 5.41) is 3.53. The zero-order valence-electron chi connectivity index (χ0n) is 9.69. The molecule has 13 heavy (non-hydrogen) atoms. The molecule has 1 fully saturated rings. The van der Waals surface area contributed by atoms with Crippen molar-refractivity contribution in [1.82, 2.24) is 5.32 Å². The van der Waals surface area contributed by atoms with Crippen molar-refractivity contribution < 1.29 is 0 Å². The lowest BCUT2D eigenvalue weighted by Crippen LogP contribution is -2.21. The van der Waals surface area contributed by atoms with Gasteiger partial charge in [-0.05, 0) is 43.2 Å². The average Bonchev–Trinajstić information content (AvgIpc) is 2.78. The van der Waals surface area contributed by atoms with Gasteiger partial charge in [0.05, 0.1) is 0 Å². The van der Waals surface area contributed by atoms with E-state index in [1.165, 1.54) is 32.4 Å². The van der Waals surface area contributed by atoms with Crippen LogP contribution in [0.4, 0.5) is 0 Å². The largest absolute Gasteiger partial charge is 0.316 e. The predicted octanol–water partition coefficient (Wildman–Crippen LogP) is 3.06. The first-order chi connectivity index (χ1) is 6.15. The van der Waals surface area contributed by atoms with Crippen LogP contribution in [0.1, 0.15) is 47.0 Å². The highest BCUT2D eigenvalue weighted by Crippen LogP contribution is 2.57. The van der Waals surface area contributed by atoms with Gasteiger partial charge in [0.2, 0.25) is 0 Å². The molecule has 0 amide bonds. The van der Waals surface area contributed by atoms with Gasteiger partial charge in [-0.3, -0.25) is 0 Å². The first-order valence-electron chi connectivity index (χ1n) is 5.85. The van der Waals surface area contributed by atoms with Crippen LogP contribution in [-0.4, -0.2) is 13.1 Å². The molecule has 1 saturated carbocycles. The number of hydrogen-bond acceptors (Lipinski definition) is 1. The fourth-order valence-corrected chi connectivity index (χ4v) is 2.30. The van der Waals surface area contributed by atoms with Gasteiger partial charge in [0.25, 0.3) is 0 Å². The zero-order valence-corrected chi connectivity index (χ0v) is 9.69. The van der Waals surface area contributed by atoms with Gasteiger partial charge >= 0.3 is 0 Å². The minimum absolute atomic E-state index is 0.662. The van der Waals surface area contributed by atoms with Crippen LogP contribution in [0.25, 0.3) is 0 Å². The molecule has 3 unspecified atom stereocenters. The van der Waals surface area contributed by atoms with E-state index < -0.39 is 0 Å². The normalized spacial score (nSPS) is 34.6. The molecule has 0 aromatic carbocycles. The number of nitrogens with one attached hydrogen (secondary N) is 1. The maximum Gasteiger partial charge on any atom is -0.00150 e. The van der Waals surface area contributed by atoms with Crippen molar-refractivity contribution in [3.05, 3.63) is 0 Å². The van der Waals surface area contributed by atoms with Gasteiger partial charge in [0.1, 0.15) is 0 Å². The van der Waals surface area contributed by atoms with Gasteiger partial charge in [-0.25, -0.2) is 0 Å². The molecule has 0 radical (unpaired) electrons. The SMILES string of the molecule is CCCNCC1CC1(C)C(C)CC. The lowest BCUT2D eigenvalue weighted by atomic mass is 9.88. The van der Waals surface area contributed by atoms with E-state index in [4.69, 9.17) is 0 Å². The fourth-order valence-electron chi connectivity index (χ4n) is 2.30. The molecule has 78 valence electrons. The van der Waals surface area contributed by atoms with Crippen LogP contribution in [0.15, 0.2) is 0 Å². The van der Waals surface area contributed by atoms with Crippen molar-refractivity contribution >= 4 is 0 Å². The minimum Gasteiger partial charge on any atom is -0.316 e. The summed E-state index contributed by atoms with van der Waals surface area (Å²) >= 11 is 0. The third kappa shape index (κ3) is 2.46. The Morgan fingerprint density at radius 2 is 2.15 bits per heavy atom. The highest BCUT2D eigenvalue weighted by atomic mass is 14.9. The Morgan fingerprint density at radius 3 is 2.69 bits per heavy atom. The van der Waals surface area contributed by atoms with Crippen molar-refractivity contribution in [2.24, 2.45) is 17.3 Å². The lowest BCUT2D eigenvalue weighted by Gasteiger charge is -2.18. The third-order valence-corrected chi connectivity index (χ3v) is 4.01. The van der Waals surface area contributed by atoms with E-state index in [0.717, 1.165) is 11.8 Å². The standard InChI is InChI=1S/C12H25N/c1-5-7-13-9-11-8-12(11,4)10(3)6-2/h10-11,13H,5-9H2,1-4H3. The molecule has 1 heteroatoms. The van der Waals surface area contributed by atoms with Gasteiger partial charge in [0.15, 0.2) is 0 Å². The first kappa shape index (κ1) is 11.0. The van der Waals surface area contributed by atoms with Gasteiger partial charge in [-0.2, -0.15) is 0 Å². The molecule has 1 aliphatic carbocycles. The van der Waals surface area contributed by atoms with Gasteiger partial charge in [0, 0.05) is 0 Å². The summed E-state index contributed by atoms with van der Waals surface area (Å²) in [6, 6.07) is 0. The minimum atomic E-state index is 0.662. The molecule has 0 heterocycles. The van der Waals surface area contributed by atoms with Gasteiger partial charge < -0.3 is 5.32 Å². The number of rotatable bonds is 6. The van der Waals surface area contributed by atoms with E-state index in [0.29, 0.717) is 5.41 Å². The summed E-state index contributed by atoms with van der Waals surface area (Å²) < 4.78 is 0. The molecule has 1 nitrogen and oxygen atoms in total. The molecular weight excluding hydrogens is 158 g/mol. The Morgan fingerprint density at radius 1 is 1.46 bits per heavy atom. The van der Waals surface area contributed by atoms with Crippen molar-refractivity contribution in [3.8, 4) is 0 Å². The van der Waals surface area contributed by atoms with Gasteiger partial charge in [-0.1, -0.05) is 34.1 Å². The molecular formula is C12H25N. The third-order valence-electron chi connectivity index (χ3n) is 4.01. The van der Waals surface area contributed by atoms with Crippen LogP contribution in [-0.2, 0) is 0 Å². The summed E-state index contributed by atoms with van der Waals surface area (Å²) in [7, 11) is 0. The Hall–Kier alpha value is -0.0400. The van der Waals surface area contributed by atoms with E-state index >= 15 is 0 Å². The Balaban J connectivity index is 2.19. The Kier molecular flexibility index (Phi) is 3.78. The van der Waals surface area contributed by atoms with Gasteiger partial charge in [-0.15, -0.1) is 0 Å². The van der Waals surface area contributed by atoms with Crippen LogP contribution >= 0.6 is 0 Å². The Bertz CT molecular complexity index is 155. The van der Waals surface area contributed by atoms with E-state index in [1.807, 2.05) is 0 Å². The molecule has 0 aromatic rings. The lowest BCUT2D eigenvalue weighted by molar-refractivity contribution is 0.318. The second-order valence-corrected chi connectivity index (χ2v) is 4.92. The average molecular weight is 183 g/mol. The number of hydrogen-bond donors (Lipinski definition) is 1. The smallest absolute Gasteiger partial charge is 0.00150 e. The molecule has 3 atom stereocenters. The molecule has 1 N–H and O–H groups in total. The van der Waals surface area contributed by atoms with Crippen LogP contribution in [0.3, 0.4) is 0 Å². The quantitative estimate of drug-likeness (QED) is 0.624. The molecule has 0 aromatic heterocycles. The molecule has 0 bridgehead atoms. The summed E-state index contributed by atoms with van der Waals surface area (Å²) in [6.45, 7) is 11.8. The van der Waals surface area contributed by atoms with Crippen LogP contribution < -0.4 is 5.32 Å². The molecule has 1 aliphatic rings. The van der Waals surface area contributed by atoms with Crippen LogP contribution in [0, 0.1) is 17.3 Å².